The maximum atomic E-state index is 11.6. The molecule has 0 amide bonds. The van der Waals surface area contributed by atoms with Crippen LogP contribution in [0.3, 0.4) is 0 Å². The molecule has 120 valence electrons. The minimum Gasteiger partial charge on any atom is -0.381 e. The van der Waals surface area contributed by atoms with E-state index in [9.17, 15) is 5.11 Å². The molecular weight excluding hydrogens is 316 g/mol. The van der Waals surface area contributed by atoms with Crippen LogP contribution in [-0.4, -0.2) is 34.6 Å². The van der Waals surface area contributed by atoms with E-state index in [2.05, 4.69) is 20.2 Å². The molecule has 3 rings (SSSR count). The number of hydrogen-bond acceptors (Lipinski definition) is 5. The third-order valence-corrected chi connectivity index (χ3v) is 4.43. The van der Waals surface area contributed by atoms with Crippen LogP contribution in [0.25, 0.3) is 0 Å². The van der Waals surface area contributed by atoms with Gasteiger partial charge in [-0.3, -0.25) is 0 Å². The van der Waals surface area contributed by atoms with Crippen molar-refractivity contribution in [1.29, 1.82) is 0 Å². The molecule has 0 radical (unpaired) electrons. The number of rotatable bonds is 5. The lowest BCUT2D eigenvalue weighted by Crippen LogP contribution is -2.52. The topological polar surface area (TPSA) is 81.6 Å². The molecule has 0 aliphatic rings. The number of halogens is 1. The predicted molar refractivity (Wildman–Crippen MR) is 84.7 cm³/mol. The number of nitrogens with zero attached hydrogens (tertiary/aromatic N) is 6. The molecule has 0 aliphatic carbocycles. The Balaban J connectivity index is 2.11. The maximum absolute atomic E-state index is 11.6. The van der Waals surface area contributed by atoms with E-state index < -0.39 is 11.1 Å². The van der Waals surface area contributed by atoms with E-state index in [-0.39, 0.29) is 6.54 Å². The lowest BCUT2D eigenvalue weighted by molar-refractivity contribution is -0.0861. The summed E-state index contributed by atoms with van der Waals surface area (Å²) >= 11 is 5.98. The van der Waals surface area contributed by atoms with Crippen LogP contribution in [-0.2, 0) is 17.7 Å². The fourth-order valence-electron chi connectivity index (χ4n) is 2.60. The van der Waals surface area contributed by atoms with E-state index in [1.807, 2.05) is 13.8 Å². The zero-order valence-electron chi connectivity index (χ0n) is 12.8. The van der Waals surface area contributed by atoms with Crippen LogP contribution in [0, 0.1) is 0 Å². The summed E-state index contributed by atoms with van der Waals surface area (Å²) in [6, 6.07) is 7.11. The summed E-state index contributed by atoms with van der Waals surface area (Å²) in [5.41, 5.74) is -1.39. The van der Waals surface area contributed by atoms with Crippen molar-refractivity contribution in [2.24, 2.45) is 0 Å². The van der Waals surface area contributed by atoms with Gasteiger partial charge in [0.05, 0.1) is 12.1 Å². The van der Waals surface area contributed by atoms with Crippen LogP contribution < -0.4 is 0 Å². The monoisotopic (exact) mass is 332 g/mol. The zero-order valence-corrected chi connectivity index (χ0v) is 13.6. The first-order chi connectivity index (χ1) is 10.9. The Bertz CT molecular complexity index is 754. The number of hydrogen-bond donors (Lipinski definition) is 1. The molecule has 0 saturated heterocycles. The summed E-state index contributed by atoms with van der Waals surface area (Å²) in [4.78, 5) is 7.94. The Kier molecular flexibility index (Phi) is 3.91. The number of aliphatic hydroxyl groups is 1. The standard InChI is InChI=1S/C15H17ClN6O/c1-14(2,22-11-18-9-20-22)15(23,7-21-10-17-8-19-21)12-3-5-13(16)6-4-12/h3-6,8-11,23H,7H2,1-2H3. The zero-order chi connectivity index (χ0) is 16.5. The molecule has 1 N–H and O–H groups in total. The van der Waals surface area contributed by atoms with Crippen molar-refractivity contribution in [1.82, 2.24) is 29.5 Å². The smallest absolute Gasteiger partial charge is 0.137 e. The van der Waals surface area contributed by atoms with E-state index in [1.54, 1.807) is 46.3 Å². The summed E-state index contributed by atoms with van der Waals surface area (Å²) in [6.45, 7) is 4.00. The van der Waals surface area contributed by atoms with Crippen molar-refractivity contribution in [3.05, 3.63) is 60.2 Å². The molecule has 2 aromatic heterocycles. The van der Waals surface area contributed by atoms with Crippen molar-refractivity contribution in [2.45, 2.75) is 31.5 Å². The highest BCUT2D eigenvalue weighted by molar-refractivity contribution is 6.30. The fraction of sp³-hybridized carbons (Fsp3) is 0.333. The molecule has 0 bridgehead atoms. The Labute approximate surface area is 138 Å². The molecule has 1 atom stereocenters. The second kappa shape index (κ2) is 5.75. The van der Waals surface area contributed by atoms with Gasteiger partial charge in [-0.15, -0.1) is 0 Å². The van der Waals surface area contributed by atoms with Crippen LogP contribution in [0.4, 0.5) is 0 Å². The first-order valence-corrected chi connectivity index (χ1v) is 7.47. The van der Waals surface area contributed by atoms with Gasteiger partial charge in [0.15, 0.2) is 0 Å². The molecule has 0 saturated carbocycles. The predicted octanol–water partition coefficient (Wildman–Crippen LogP) is 1.85. The molecule has 8 heteroatoms. The van der Waals surface area contributed by atoms with Gasteiger partial charge >= 0.3 is 0 Å². The molecular formula is C15H17ClN6O. The molecule has 23 heavy (non-hydrogen) atoms. The summed E-state index contributed by atoms with van der Waals surface area (Å²) in [5.74, 6) is 0. The molecule has 0 fully saturated rings. The van der Waals surface area contributed by atoms with Crippen LogP contribution in [0.15, 0.2) is 49.6 Å². The molecule has 3 aromatic rings. The van der Waals surface area contributed by atoms with Crippen molar-refractivity contribution in [3.8, 4) is 0 Å². The third-order valence-electron chi connectivity index (χ3n) is 4.18. The largest absolute Gasteiger partial charge is 0.381 e. The summed E-state index contributed by atoms with van der Waals surface area (Å²) < 4.78 is 3.23. The SMILES string of the molecule is CC(C)(n1cncn1)C(O)(Cn1cncn1)c1ccc(Cl)cc1. The lowest BCUT2D eigenvalue weighted by atomic mass is 9.77. The summed E-state index contributed by atoms with van der Waals surface area (Å²) in [6.07, 6.45) is 6.03. The van der Waals surface area contributed by atoms with Gasteiger partial charge < -0.3 is 5.11 Å². The molecule has 1 aromatic carbocycles. The van der Waals surface area contributed by atoms with Crippen LogP contribution in [0.1, 0.15) is 19.4 Å². The Morgan fingerprint density at radius 1 is 1.04 bits per heavy atom. The molecule has 0 aliphatic heterocycles. The van der Waals surface area contributed by atoms with E-state index in [1.165, 1.54) is 12.7 Å². The Morgan fingerprint density at radius 3 is 2.26 bits per heavy atom. The second-order valence-electron chi connectivity index (χ2n) is 5.86. The Hall–Kier alpha value is -2.25. The maximum Gasteiger partial charge on any atom is 0.137 e. The average Bonchev–Trinajstić information content (AvgIpc) is 3.21. The molecule has 2 heterocycles. The first kappa shape index (κ1) is 15.6. The van der Waals surface area contributed by atoms with Crippen molar-refractivity contribution < 1.29 is 5.11 Å². The van der Waals surface area contributed by atoms with Gasteiger partial charge in [0, 0.05) is 5.02 Å². The second-order valence-corrected chi connectivity index (χ2v) is 6.30. The Morgan fingerprint density at radius 2 is 1.70 bits per heavy atom. The highest BCUT2D eigenvalue weighted by Crippen LogP contribution is 2.39. The first-order valence-electron chi connectivity index (χ1n) is 7.09. The van der Waals surface area contributed by atoms with Gasteiger partial charge in [0.25, 0.3) is 0 Å². The van der Waals surface area contributed by atoms with E-state index >= 15 is 0 Å². The van der Waals surface area contributed by atoms with Crippen LogP contribution in [0.2, 0.25) is 5.02 Å². The van der Waals surface area contributed by atoms with Gasteiger partial charge in [0.2, 0.25) is 0 Å². The normalized spacial score (nSPS) is 14.6. The lowest BCUT2D eigenvalue weighted by Gasteiger charge is -2.42. The van der Waals surface area contributed by atoms with Crippen LogP contribution in [0.5, 0.6) is 0 Å². The minimum absolute atomic E-state index is 0.210. The summed E-state index contributed by atoms with van der Waals surface area (Å²) in [7, 11) is 0. The van der Waals surface area contributed by atoms with E-state index in [0.29, 0.717) is 10.6 Å². The molecule has 7 nitrogen and oxygen atoms in total. The molecule has 1 unspecified atom stereocenters. The van der Waals surface area contributed by atoms with Crippen molar-refractivity contribution >= 4 is 11.6 Å². The van der Waals surface area contributed by atoms with Crippen LogP contribution >= 0.6 is 11.6 Å². The third kappa shape index (κ3) is 2.73. The van der Waals surface area contributed by atoms with E-state index in [0.717, 1.165) is 0 Å². The number of benzene rings is 1. The van der Waals surface area contributed by atoms with Gasteiger partial charge in [-0.1, -0.05) is 23.7 Å². The average molecular weight is 333 g/mol. The molecule has 0 spiro atoms. The van der Waals surface area contributed by atoms with Gasteiger partial charge in [-0.25, -0.2) is 19.3 Å². The fourth-order valence-corrected chi connectivity index (χ4v) is 2.72. The van der Waals surface area contributed by atoms with Crippen molar-refractivity contribution in [3.63, 3.8) is 0 Å². The number of aromatic nitrogens is 6. The highest BCUT2D eigenvalue weighted by Gasteiger charge is 2.47. The minimum atomic E-state index is -1.31. The van der Waals surface area contributed by atoms with Crippen molar-refractivity contribution in [2.75, 3.05) is 0 Å². The van der Waals surface area contributed by atoms with E-state index in [4.69, 9.17) is 11.6 Å². The highest BCUT2D eigenvalue weighted by atomic mass is 35.5. The van der Waals surface area contributed by atoms with Gasteiger partial charge in [-0.2, -0.15) is 10.2 Å². The van der Waals surface area contributed by atoms with Gasteiger partial charge in [-0.05, 0) is 31.5 Å². The quantitative estimate of drug-likeness (QED) is 0.771. The summed E-state index contributed by atoms with van der Waals surface area (Å²) in [5, 5.41) is 20.5. The van der Waals surface area contributed by atoms with Gasteiger partial charge in [0.1, 0.15) is 30.9 Å².